The monoisotopic (exact) mass is 398 g/mol. The zero-order valence-corrected chi connectivity index (χ0v) is 17.6. The zero-order valence-electron chi connectivity index (χ0n) is 17.6. The number of hydrogen-bond donors (Lipinski definition) is 0. The predicted molar refractivity (Wildman–Crippen MR) is 114 cm³/mol. The molecule has 0 bridgehead atoms. The third kappa shape index (κ3) is 6.04. The van der Waals surface area contributed by atoms with Crippen LogP contribution in [0.3, 0.4) is 0 Å². The fourth-order valence-corrected chi connectivity index (χ4v) is 3.80. The van der Waals surface area contributed by atoms with Crippen molar-refractivity contribution in [2.45, 2.75) is 38.8 Å². The SMILES string of the molecule is CC(Cc1cccc(F)c1)C(=O)N(Cc1ccc(N(C)C)cc1)CC1CCCO1. The van der Waals surface area contributed by atoms with E-state index in [0.29, 0.717) is 19.5 Å². The van der Waals surface area contributed by atoms with Crippen LogP contribution in [0, 0.1) is 11.7 Å². The van der Waals surface area contributed by atoms with Crippen molar-refractivity contribution in [2.24, 2.45) is 5.92 Å². The number of halogens is 1. The Morgan fingerprint density at radius 1 is 1.17 bits per heavy atom. The van der Waals surface area contributed by atoms with Gasteiger partial charge in [-0.05, 0) is 54.7 Å². The summed E-state index contributed by atoms with van der Waals surface area (Å²) >= 11 is 0. The second-order valence-corrected chi connectivity index (χ2v) is 8.15. The van der Waals surface area contributed by atoms with Gasteiger partial charge in [-0.15, -0.1) is 0 Å². The van der Waals surface area contributed by atoms with Crippen molar-refractivity contribution in [3.8, 4) is 0 Å². The van der Waals surface area contributed by atoms with Crippen LogP contribution in [0.4, 0.5) is 10.1 Å². The first kappa shape index (κ1) is 21.3. The minimum Gasteiger partial charge on any atom is -0.378 e. The maximum atomic E-state index is 13.5. The molecule has 156 valence electrons. The number of carbonyl (C=O) groups is 1. The normalized spacial score (nSPS) is 17.2. The summed E-state index contributed by atoms with van der Waals surface area (Å²) < 4.78 is 19.3. The van der Waals surface area contributed by atoms with E-state index >= 15 is 0 Å². The Labute approximate surface area is 173 Å². The highest BCUT2D eigenvalue weighted by molar-refractivity contribution is 5.79. The Kier molecular flexibility index (Phi) is 7.26. The fraction of sp³-hybridized carbons (Fsp3) is 0.458. The molecule has 1 amide bonds. The second kappa shape index (κ2) is 9.88. The maximum absolute atomic E-state index is 13.5. The molecule has 2 unspecified atom stereocenters. The molecule has 29 heavy (non-hydrogen) atoms. The van der Waals surface area contributed by atoms with Gasteiger partial charge in [-0.3, -0.25) is 4.79 Å². The average Bonchev–Trinajstić information content (AvgIpc) is 3.20. The van der Waals surface area contributed by atoms with Crippen LogP contribution in [0.25, 0.3) is 0 Å². The van der Waals surface area contributed by atoms with Gasteiger partial charge >= 0.3 is 0 Å². The number of amides is 1. The first-order valence-electron chi connectivity index (χ1n) is 10.3. The first-order chi connectivity index (χ1) is 13.9. The molecule has 0 N–H and O–H groups in total. The molecule has 2 atom stereocenters. The molecule has 1 aliphatic heterocycles. The molecule has 3 rings (SSSR count). The molecule has 0 spiro atoms. The van der Waals surface area contributed by atoms with Gasteiger partial charge in [-0.1, -0.05) is 31.2 Å². The zero-order chi connectivity index (χ0) is 20.8. The molecule has 0 radical (unpaired) electrons. The highest BCUT2D eigenvalue weighted by Crippen LogP contribution is 2.20. The number of anilines is 1. The van der Waals surface area contributed by atoms with E-state index in [4.69, 9.17) is 4.74 Å². The van der Waals surface area contributed by atoms with Crippen LogP contribution in [-0.4, -0.2) is 44.2 Å². The van der Waals surface area contributed by atoms with Crippen LogP contribution in [0.1, 0.15) is 30.9 Å². The van der Waals surface area contributed by atoms with Gasteiger partial charge in [0.1, 0.15) is 5.82 Å². The van der Waals surface area contributed by atoms with Crippen molar-refractivity contribution in [1.29, 1.82) is 0 Å². The highest BCUT2D eigenvalue weighted by atomic mass is 19.1. The maximum Gasteiger partial charge on any atom is 0.226 e. The van der Waals surface area contributed by atoms with Crippen molar-refractivity contribution in [1.82, 2.24) is 4.90 Å². The quantitative estimate of drug-likeness (QED) is 0.665. The summed E-state index contributed by atoms with van der Waals surface area (Å²) in [6, 6.07) is 14.8. The fourth-order valence-electron chi connectivity index (χ4n) is 3.80. The van der Waals surface area contributed by atoms with E-state index in [2.05, 4.69) is 29.2 Å². The number of rotatable bonds is 8. The molecule has 2 aromatic rings. The van der Waals surface area contributed by atoms with Crippen LogP contribution >= 0.6 is 0 Å². The molecule has 1 saturated heterocycles. The van der Waals surface area contributed by atoms with Crippen LogP contribution in [0.5, 0.6) is 0 Å². The van der Waals surface area contributed by atoms with Crippen molar-refractivity contribution < 1.29 is 13.9 Å². The molecule has 0 saturated carbocycles. The summed E-state index contributed by atoms with van der Waals surface area (Å²) in [6.07, 6.45) is 2.66. The Morgan fingerprint density at radius 2 is 1.93 bits per heavy atom. The molecular formula is C24H31FN2O2. The lowest BCUT2D eigenvalue weighted by Crippen LogP contribution is -2.40. The summed E-state index contributed by atoms with van der Waals surface area (Å²) in [5.74, 6) is -0.403. The predicted octanol–water partition coefficient (Wildman–Crippen LogP) is 4.28. The number of nitrogens with zero attached hydrogens (tertiary/aromatic N) is 2. The summed E-state index contributed by atoms with van der Waals surface area (Å²) in [6.45, 7) is 3.84. The van der Waals surface area contributed by atoms with Gasteiger partial charge in [0, 0.05) is 45.4 Å². The van der Waals surface area contributed by atoms with Crippen molar-refractivity contribution in [3.05, 3.63) is 65.5 Å². The topological polar surface area (TPSA) is 32.8 Å². The number of carbonyl (C=O) groups excluding carboxylic acids is 1. The Morgan fingerprint density at radius 3 is 2.55 bits per heavy atom. The minimum absolute atomic E-state index is 0.0847. The molecule has 1 heterocycles. The summed E-state index contributed by atoms with van der Waals surface area (Å²) in [4.78, 5) is 17.2. The summed E-state index contributed by atoms with van der Waals surface area (Å²) in [5.41, 5.74) is 3.07. The van der Waals surface area contributed by atoms with Gasteiger partial charge in [0.2, 0.25) is 5.91 Å². The van der Waals surface area contributed by atoms with Gasteiger partial charge in [0.25, 0.3) is 0 Å². The molecule has 4 nitrogen and oxygen atoms in total. The molecule has 1 aliphatic rings. The van der Waals surface area contributed by atoms with Gasteiger partial charge < -0.3 is 14.5 Å². The molecule has 2 aromatic carbocycles. The Bertz CT molecular complexity index is 801. The lowest BCUT2D eigenvalue weighted by atomic mass is 9.99. The van der Waals surface area contributed by atoms with E-state index < -0.39 is 0 Å². The van der Waals surface area contributed by atoms with Crippen molar-refractivity contribution in [2.75, 3.05) is 32.1 Å². The number of ether oxygens (including phenoxy) is 1. The average molecular weight is 399 g/mol. The lowest BCUT2D eigenvalue weighted by Gasteiger charge is -2.28. The molecule has 0 aliphatic carbocycles. The van der Waals surface area contributed by atoms with Crippen molar-refractivity contribution in [3.63, 3.8) is 0 Å². The Balaban J connectivity index is 1.71. The highest BCUT2D eigenvalue weighted by Gasteiger charge is 2.26. The molecule has 5 heteroatoms. The van der Waals surface area contributed by atoms with Gasteiger partial charge in [0.05, 0.1) is 6.10 Å². The van der Waals surface area contributed by atoms with E-state index in [1.54, 1.807) is 6.07 Å². The molecule has 1 fully saturated rings. The van der Waals surface area contributed by atoms with E-state index in [9.17, 15) is 9.18 Å². The van der Waals surface area contributed by atoms with E-state index in [1.165, 1.54) is 12.1 Å². The summed E-state index contributed by atoms with van der Waals surface area (Å²) in [5, 5.41) is 0. The second-order valence-electron chi connectivity index (χ2n) is 8.15. The Hall–Kier alpha value is -2.40. The van der Waals surface area contributed by atoms with Crippen LogP contribution < -0.4 is 4.90 Å². The smallest absolute Gasteiger partial charge is 0.226 e. The van der Waals surface area contributed by atoms with E-state index in [0.717, 1.165) is 36.3 Å². The summed E-state index contributed by atoms with van der Waals surface area (Å²) in [7, 11) is 4.02. The molecular weight excluding hydrogens is 367 g/mol. The largest absolute Gasteiger partial charge is 0.378 e. The van der Waals surface area contributed by atoms with E-state index in [-0.39, 0.29) is 23.7 Å². The molecule has 0 aromatic heterocycles. The number of hydrogen-bond acceptors (Lipinski definition) is 3. The first-order valence-corrected chi connectivity index (χ1v) is 10.3. The van der Waals surface area contributed by atoms with Gasteiger partial charge in [-0.2, -0.15) is 0 Å². The minimum atomic E-state index is -0.264. The van der Waals surface area contributed by atoms with E-state index in [1.807, 2.05) is 32.0 Å². The van der Waals surface area contributed by atoms with Crippen LogP contribution in [0.15, 0.2) is 48.5 Å². The van der Waals surface area contributed by atoms with Crippen LogP contribution in [-0.2, 0) is 22.5 Å². The standard InChI is InChI=1S/C24H31FN2O2/c1-18(14-20-6-4-7-21(25)15-20)24(28)27(17-23-8-5-13-29-23)16-19-9-11-22(12-10-19)26(2)3/h4,6-7,9-12,15,18,23H,5,8,13-14,16-17H2,1-3H3. The van der Waals surface area contributed by atoms with Crippen molar-refractivity contribution >= 4 is 11.6 Å². The third-order valence-corrected chi connectivity index (χ3v) is 5.44. The third-order valence-electron chi connectivity index (χ3n) is 5.44. The van der Waals surface area contributed by atoms with Gasteiger partial charge in [0.15, 0.2) is 0 Å². The lowest BCUT2D eigenvalue weighted by molar-refractivity contribution is -0.137. The van der Waals surface area contributed by atoms with Gasteiger partial charge in [-0.25, -0.2) is 4.39 Å². The number of benzene rings is 2. The van der Waals surface area contributed by atoms with Crippen LogP contribution in [0.2, 0.25) is 0 Å².